The van der Waals surface area contributed by atoms with E-state index >= 15 is 0 Å². The zero-order chi connectivity index (χ0) is 15.4. The molecule has 1 N–H and O–H groups in total. The van der Waals surface area contributed by atoms with Crippen LogP contribution in [0.3, 0.4) is 0 Å². The molecule has 1 heterocycles. The van der Waals surface area contributed by atoms with Crippen LogP contribution in [0.4, 0.5) is 0 Å². The second-order valence-electron chi connectivity index (χ2n) is 5.09. The highest BCUT2D eigenvalue weighted by molar-refractivity contribution is 8.00. The predicted molar refractivity (Wildman–Crippen MR) is 87.8 cm³/mol. The molecule has 2 rings (SSSR count). The molecule has 112 valence electrons. The molecule has 2 aromatic rings. The first-order valence-corrected chi connectivity index (χ1v) is 8.02. The van der Waals surface area contributed by atoms with Crippen LogP contribution in [0.25, 0.3) is 10.9 Å². The number of benzene rings is 1. The minimum atomic E-state index is -0.0569. The summed E-state index contributed by atoms with van der Waals surface area (Å²) in [7, 11) is 1.76. The lowest BCUT2D eigenvalue weighted by Crippen LogP contribution is -2.33. The maximum atomic E-state index is 12.0. The number of amides is 1. The van der Waals surface area contributed by atoms with E-state index < -0.39 is 0 Å². The van der Waals surface area contributed by atoms with E-state index in [1.54, 1.807) is 17.7 Å². The van der Waals surface area contributed by atoms with Gasteiger partial charge in [-0.05, 0) is 19.4 Å². The number of carbonyl (C=O) groups is 1. The van der Waals surface area contributed by atoms with Crippen molar-refractivity contribution in [2.45, 2.75) is 31.2 Å². The summed E-state index contributed by atoms with van der Waals surface area (Å²) in [6, 6.07) is 9.52. The van der Waals surface area contributed by atoms with Gasteiger partial charge >= 0.3 is 0 Å². The summed E-state index contributed by atoms with van der Waals surface area (Å²) in [5, 5.41) is 3.93. The van der Waals surface area contributed by atoms with E-state index in [9.17, 15) is 9.59 Å². The Bertz CT molecular complexity index is 709. The van der Waals surface area contributed by atoms with Crippen LogP contribution in [-0.4, -0.2) is 22.3 Å². The van der Waals surface area contributed by atoms with Crippen LogP contribution in [0.5, 0.6) is 0 Å². The second-order valence-corrected chi connectivity index (χ2v) is 6.11. The molecule has 0 bridgehead atoms. The number of carbonyl (C=O) groups excluding carboxylic acids is 1. The van der Waals surface area contributed by atoms with E-state index in [4.69, 9.17) is 0 Å². The van der Waals surface area contributed by atoms with Crippen LogP contribution in [0.15, 0.2) is 40.0 Å². The summed E-state index contributed by atoms with van der Waals surface area (Å²) in [4.78, 5) is 24.7. The molecule has 0 saturated heterocycles. The van der Waals surface area contributed by atoms with Crippen molar-refractivity contribution in [3.05, 3.63) is 40.7 Å². The van der Waals surface area contributed by atoms with E-state index in [0.29, 0.717) is 5.75 Å². The molecule has 1 atom stereocenters. The third-order valence-electron chi connectivity index (χ3n) is 3.49. The van der Waals surface area contributed by atoms with Gasteiger partial charge in [-0.25, -0.2) is 0 Å². The van der Waals surface area contributed by atoms with Crippen molar-refractivity contribution in [3.8, 4) is 0 Å². The Morgan fingerprint density at radius 1 is 1.38 bits per heavy atom. The summed E-state index contributed by atoms with van der Waals surface area (Å²) in [5.74, 6) is 0.320. The Labute approximate surface area is 128 Å². The second kappa shape index (κ2) is 6.80. The number of pyridine rings is 1. The van der Waals surface area contributed by atoms with E-state index in [1.165, 1.54) is 11.8 Å². The fourth-order valence-corrected chi connectivity index (χ4v) is 2.94. The Hall–Kier alpha value is -1.75. The van der Waals surface area contributed by atoms with Crippen molar-refractivity contribution in [2.75, 3.05) is 5.75 Å². The number of fused-ring (bicyclic) bond motifs is 1. The number of rotatable bonds is 5. The van der Waals surface area contributed by atoms with Crippen molar-refractivity contribution in [2.24, 2.45) is 7.05 Å². The molecule has 1 amide bonds. The number of thioether (sulfide) groups is 1. The SMILES string of the molecule is CC[C@@H](C)NC(=O)CSc1cc(=O)n(C)c2ccccc12. The molecule has 1 aromatic carbocycles. The Balaban J connectivity index is 2.21. The molecule has 0 saturated carbocycles. The molecule has 4 nitrogen and oxygen atoms in total. The van der Waals surface area contributed by atoms with Crippen LogP contribution in [0.2, 0.25) is 0 Å². The van der Waals surface area contributed by atoms with Crippen molar-refractivity contribution >= 4 is 28.6 Å². The smallest absolute Gasteiger partial charge is 0.251 e. The van der Waals surface area contributed by atoms with Crippen molar-refractivity contribution in [1.82, 2.24) is 9.88 Å². The maximum absolute atomic E-state index is 12.0. The van der Waals surface area contributed by atoms with Crippen molar-refractivity contribution in [1.29, 1.82) is 0 Å². The third-order valence-corrected chi connectivity index (χ3v) is 4.55. The summed E-state index contributed by atoms with van der Waals surface area (Å²) in [6.45, 7) is 4.02. The molecular weight excluding hydrogens is 284 g/mol. The van der Waals surface area contributed by atoms with Crippen LogP contribution >= 0.6 is 11.8 Å². The van der Waals surface area contributed by atoms with E-state index in [-0.39, 0.29) is 17.5 Å². The highest BCUT2D eigenvalue weighted by atomic mass is 32.2. The molecule has 0 unspecified atom stereocenters. The van der Waals surface area contributed by atoms with Gasteiger partial charge in [0.15, 0.2) is 0 Å². The highest BCUT2D eigenvalue weighted by Crippen LogP contribution is 2.25. The van der Waals surface area contributed by atoms with Gasteiger partial charge in [0.05, 0.1) is 11.3 Å². The highest BCUT2D eigenvalue weighted by Gasteiger charge is 2.10. The Morgan fingerprint density at radius 2 is 2.10 bits per heavy atom. The summed E-state index contributed by atoms with van der Waals surface area (Å²) >= 11 is 1.41. The number of aromatic nitrogens is 1. The Morgan fingerprint density at radius 3 is 2.81 bits per heavy atom. The molecule has 0 aliphatic rings. The van der Waals surface area contributed by atoms with Crippen LogP contribution < -0.4 is 10.9 Å². The molecule has 0 aliphatic heterocycles. The molecule has 0 fully saturated rings. The lowest BCUT2D eigenvalue weighted by Gasteiger charge is -2.12. The fourth-order valence-electron chi connectivity index (χ4n) is 2.06. The van der Waals surface area contributed by atoms with Gasteiger partial charge in [-0.2, -0.15) is 0 Å². The number of nitrogens with zero attached hydrogens (tertiary/aromatic N) is 1. The molecule has 21 heavy (non-hydrogen) atoms. The standard InChI is InChI=1S/C16H20N2O2S/c1-4-11(2)17-15(19)10-21-14-9-16(20)18(3)13-8-6-5-7-12(13)14/h5-9,11H,4,10H2,1-3H3,(H,17,19)/t11-/m1/s1. The average Bonchev–Trinajstić information content (AvgIpc) is 2.49. The summed E-state index contributed by atoms with van der Waals surface area (Å²) in [6.07, 6.45) is 0.908. The number of aryl methyl sites for hydroxylation is 1. The third kappa shape index (κ3) is 3.67. The van der Waals surface area contributed by atoms with Gasteiger partial charge in [0.1, 0.15) is 0 Å². The van der Waals surface area contributed by atoms with Gasteiger partial charge in [-0.1, -0.05) is 25.1 Å². The Kier molecular flexibility index (Phi) is 5.07. The molecule has 5 heteroatoms. The first-order valence-electron chi connectivity index (χ1n) is 7.04. The van der Waals surface area contributed by atoms with E-state index in [1.807, 2.05) is 38.1 Å². The quantitative estimate of drug-likeness (QED) is 0.864. The maximum Gasteiger partial charge on any atom is 0.251 e. The molecule has 1 aromatic heterocycles. The lowest BCUT2D eigenvalue weighted by atomic mass is 10.2. The van der Waals surface area contributed by atoms with Gasteiger partial charge in [0.25, 0.3) is 5.56 Å². The zero-order valence-corrected chi connectivity index (χ0v) is 13.4. The monoisotopic (exact) mass is 304 g/mol. The lowest BCUT2D eigenvalue weighted by molar-refractivity contribution is -0.119. The van der Waals surface area contributed by atoms with Gasteiger partial charge in [-0.15, -0.1) is 11.8 Å². The van der Waals surface area contributed by atoms with Crippen LogP contribution in [-0.2, 0) is 11.8 Å². The van der Waals surface area contributed by atoms with Gasteiger partial charge < -0.3 is 9.88 Å². The average molecular weight is 304 g/mol. The van der Waals surface area contributed by atoms with E-state index in [0.717, 1.165) is 22.2 Å². The molecule has 0 spiro atoms. The first kappa shape index (κ1) is 15.6. The number of hydrogen-bond donors (Lipinski definition) is 1. The van der Waals surface area contributed by atoms with Crippen LogP contribution in [0, 0.1) is 0 Å². The zero-order valence-electron chi connectivity index (χ0n) is 12.6. The van der Waals surface area contributed by atoms with Crippen molar-refractivity contribution in [3.63, 3.8) is 0 Å². The van der Waals surface area contributed by atoms with Crippen LogP contribution in [0.1, 0.15) is 20.3 Å². The predicted octanol–water partition coefficient (Wildman–Crippen LogP) is 2.55. The normalized spacial score (nSPS) is 12.3. The van der Waals surface area contributed by atoms with Gasteiger partial charge in [0, 0.05) is 29.4 Å². The van der Waals surface area contributed by atoms with E-state index in [2.05, 4.69) is 5.32 Å². The summed E-state index contributed by atoms with van der Waals surface area (Å²) in [5.41, 5.74) is 0.827. The number of para-hydroxylation sites is 1. The first-order chi connectivity index (χ1) is 10.0. The summed E-state index contributed by atoms with van der Waals surface area (Å²) < 4.78 is 1.62. The van der Waals surface area contributed by atoms with Gasteiger partial charge in [0.2, 0.25) is 5.91 Å². The molecule has 0 radical (unpaired) electrons. The van der Waals surface area contributed by atoms with Gasteiger partial charge in [-0.3, -0.25) is 9.59 Å². The van der Waals surface area contributed by atoms with Crippen molar-refractivity contribution < 1.29 is 4.79 Å². The molecular formula is C16H20N2O2S. The number of nitrogens with one attached hydrogen (secondary N) is 1. The topological polar surface area (TPSA) is 51.1 Å². The largest absolute Gasteiger partial charge is 0.353 e. The molecule has 0 aliphatic carbocycles. The minimum Gasteiger partial charge on any atom is -0.353 e. The minimum absolute atomic E-state index is 0.000826. The number of hydrogen-bond acceptors (Lipinski definition) is 3. The fraction of sp³-hybridized carbons (Fsp3) is 0.375.